The second-order valence-electron chi connectivity index (χ2n) is 9.61. The number of hydrogen-bond donors (Lipinski definition) is 1. The Morgan fingerprint density at radius 3 is 2.29 bits per heavy atom. The predicted octanol–water partition coefficient (Wildman–Crippen LogP) is 5.83. The molecule has 0 saturated heterocycles. The zero-order valence-electron chi connectivity index (χ0n) is 21.6. The van der Waals surface area contributed by atoms with E-state index in [9.17, 15) is 4.79 Å². The van der Waals surface area contributed by atoms with Crippen molar-refractivity contribution in [2.75, 3.05) is 13.1 Å². The van der Waals surface area contributed by atoms with Crippen molar-refractivity contribution in [2.45, 2.75) is 32.4 Å². The van der Waals surface area contributed by atoms with Gasteiger partial charge in [0.15, 0.2) is 0 Å². The summed E-state index contributed by atoms with van der Waals surface area (Å²) in [5.74, 6) is 0.859. The molecule has 1 amide bonds. The van der Waals surface area contributed by atoms with Crippen LogP contribution in [0.5, 0.6) is 5.75 Å². The van der Waals surface area contributed by atoms with Crippen molar-refractivity contribution in [3.8, 4) is 5.75 Å². The molecule has 4 aromatic rings. The molecule has 0 saturated carbocycles. The third-order valence-electron chi connectivity index (χ3n) is 6.95. The highest BCUT2D eigenvalue weighted by atomic mass is 16.5. The van der Waals surface area contributed by atoms with Gasteiger partial charge < -0.3 is 15.4 Å². The highest BCUT2D eigenvalue weighted by molar-refractivity contribution is 5.94. The van der Waals surface area contributed by atoms with Gasteiger partial charge in [-0.05, 0) is 65.3 Å². The average molecular weight is 504 g/mol. The van der Waals surface area contributed by atoms with Crippen molar-refractivity contribution in [2.24, 2.45) is 5.73 Å². The van der Waals surface area contributed by atoms with Gasteiger partial charge in [0, 0.05) is 37.6 Å². The summed E-state index contributed by atoms with van der Waals surface area (Å²) in [6.45, 7) is 2.16. The van der Waals surface area contributed by atoms with Crippen molar-refractivity contribution in [3.05, 3.63) is 137 Å². The Morgan fingerprint density at radius 2 is 1.58 bits per heavy atom. The van der Waals surface area contributed by atoms with Gasteiger partial charge in [-0.15, -0.1) is 0 Å². The molecule has 2 N–H and O–H groups in total. The van der Waals surface area contributed by atoms with Crippen molar-refractivity contribution < 1.29 is 9.53 Å². The van der Waals surface area contributed by atoms with Gasteiger partial charge in [-0.3, -0.25) is 9.78 Å². The van der Waals surface area contributed by atoms with E-state index in [4.69, 9.17) is 10.5 Å². The maximum absolute atomic E-state index is 13.3. The smallest absolute Gasteiger partial charge is 0.255 e. The van der Waals surface area contributed by atoms with E-state index >= 15 is 0 Å². The summed E-state index contributed by atoms with van der Waals surface area (Å²) >= 11 is 0. The van der Waals surface area contributed by atoms with E-state index in [1.807, 2.05) is 53.6 Å². The first-order chi connectivity index (χ1) is 18.7. The highest BCUT2D eigenvalue weighted by Gasteiger charge is 2.21. The average Bonchev–Trinajstić information content (AvgIpc) is 3.00. The molecule has 5 heteroatoms. The normalized spacial score (nSPS) is 13.2. The lowest BCUT2D eigenvalue weighted by atomic mass is 9.96. The van der Waals surface area contributed by atoms with Gasteiger partial charge in [-0.25, -0.2) is 0 Å². The van der Waals surface area contributed by atoms with Crippen LogP contribution in [0, 0.1) is 0 Å². The topological polar surface area (TPSA) is 68.5 Å². The number of aromatic nitrogens is 1. The Morgan fingerprint density at radius 1 is 0.842 bits per heavy atom. The van der Waals surface area contributed by atoms with Gasteiger partial charge in [0.2, 0.25) is 0 Å². The van der Waals surface area contributed by atoms with Crippen LogP contribution >= 0.6 is 0 Å². The van der Waals surface area contributed by atoms with E-state index in [1.165, 1.54) is 11.1 Å². The number of benzene rings is 3. The molecule has 0 fully saturated rings. The summed E-state index contributed by atoms with van der Waals surface area (Å²) in [5.41, 5.74) is 13.4. The number of nitrogens with zero attached hydrogens (tertiary/aromatic N) is 2. The molecule has 3 aromatic carbocycles. The third kappa shape index (κ3) is 6.36. The summed E-state index contributed by atoms with van der Waals surface area (Å²) in [5, 5.41) is 0. The lowest BCUT2D eigenvalue weighted by Crippen LogP contribution is -2.34. The van der Waals surface area contributed by atoms with Crippen LogP contribution in [0.15, 0.2) is 103 Å². The second kappa shape index (κ2) is 12.3. The molecule has 0 atom stereocenters. The highest BCUT2D eigenvalue weighted by Crippen LogP contribution is 2.32. The second-order valence-corrected chi connectivity index (χ2v) is 9.61. The standard InChI is InChI=1S/C33H33N3O2/c34-21-27-13-14-32(38-24-26-9-5-2-6-10-26)31(20-27)29-15-17-36(18-16-29)33(37)30-19-28(22-35-23-30)12-11-25-7-3-1-4-8-25/h1-10,13-15,19-20,22-23H,11-12,16-18,21,24,34H2. The largest absolute Gasteiger partial charge is 0.488 e. The Hall–Kier alpha value is -4.22. The predicted molar refractivity (Wildman–Crippen MR) is 152 cm³/mol. The quantitative estimate of drug-likeness (QED) is 0.312. The van der Waals surface area contributed by atoms with Crippen LogP contribution in [-0.2, 0) is 26.0 Å². The van der Waals surface area contributed by atoms with Crippen LogP contribution in [0.2, 0.25) is 0 Å². The van der Waals surface area contributed by atoms with E-state index in [2.05, 4.69) is 53.5 Å². The molecule has 1 aliphatic rings. The molecule has 0 spiro atoms. The molecule has 0 radical (unpaired) electrons. The maximum atomic E-state index is 13.3. The number of rotatable bonds is 9. The number of hydrogen-bond acceptors (Lipinski definition) is 4. The Kier molecular flexibility index (Phi) is 8.26. The molecule has 192 valence electrons. The van der Waals surface area contributed by atoms with Crippen LogP contribution in [0.3, 0.4) is 0 Å². The molecule has 2 heterocycles. The number of carbonyl (C=O) groups excluding carboxylic acids is 1. The molecule has 5 rings (SSSR count). The SMILES string of the molecule is NCc1ccc(OCc2ccccc2)c(C2=CCN(C(=O)c3cncc(CCc4ccccc4)c3)CC2)c1. The minimum atomic E-state index is 0.0191. The van der Waals surface area contributed by atoms with Crippen molar-refractivity contribution in [1.29, 1.82) is 0 Å². The first-order valence-electron chi connectivity index (χ1n) is 13.2. The van der Waals surface area contributed by atoms with Gasteiger partial charge in [0.25, 0.3) is 5.91 Å². The summed E-state index contributed by atoms with van der Waals surface area (Å²) in [6, 6.07) is 28.6. The van der Waals surface area contributed by atoms with Gasteiger partial charge in [0.1, 0.15) is 12.4 Å². The monoisotopic (exact) mass is 503 g/mol. The fourth-order valence-electron chi connectivity index (χ4n) is 4.77. The molecule has 38 heavy (non-hydrogen) atoms. The molecule has 0 unspecified atom stereocenters. The fourth-order valence-corrected chi connectivity index (χ4v) is 4.77. The molecular formula is C33H33N3O2. The van der Waals surface area contributed by atoms with E-state index in [0.29, 0.717) is 31.8 Å². The first-order valence-corrected chi connectivity index (χ1v) is 13.2. The summed E-state index contributed by atoms with van der Waals surface area (Å²) in [4.78, 5) is 19.6. The molecule has 1 aromatic heterocycles. The van der Waals surface area contributed by atoms with E-state index in [1.54, 1.807) is 6.20 Å². The molecule has 0 aliphatic carbocycles. The van der Waals surface area contributed by atoms with Crippen molar-refractivity contribution in [1.82, 2.24) is 9.88 Å². The maximum Gasteiger partial charge on any atom is 0.255 e. The number of nitrogens with two attached hydrogens (primary N) is 1. The van der Waals surface area contributed by atoms with Crippen molar-refractivity contribution in [3.63, 3.8) is 0 Å². The van der Waals surface area contributed by atoms with E-state index in [0.717, 1.165) is 47.3 Å². The number of ether oxygens (including phenoxy) is 1. The lowest BCUT2D eigenvalue weighted by molar-refractivity contribution is 0.0772. The fraction of sp³-hybridized carbons (Fsp3) is 0.212. The number of pyridine rings is 1. The van der Waals surface area contributed by atoms with Crippen LogP contribution in [-0.4, -0.2) is 28.9 Å². The van der Waals surface area contributed by atoms with Crippen molar-refractivity contribution >= 4 is 11.5 Å². The van der Waals surface area contributed by atoms with Gasteiger partial charge >= 0.3 is 0 Å². The van der Waals surface area contributed by atoms with E-state index < -0.39 is 0 Å². The Balaban J connectivity index is 1.26. The minimum Gasteiger partial charge on any atom is -0.488 e. The lowest BCUT2D eigenvalue weighted by Gasteiger charge is -2.27. The molecule has 5 nitrogen and oxygen atoms in total. The Labute approximate surface area is 224 Å². The summed E-state index contributed by atoms with van der Waals surface area (Å²) in [7, 11) is 0. The molecule has 0 bridgehead atoms. The molecule has 1 aliphatic heterocycles. The number of amides is 1. The molecular weight excluding hydrogens is 470 g/mol. The van der Waals surface area contributed by atoms with Gasteiger partial charge in [-0.1, -0.05) is 72.8 Å². The number of aryl methyl sites for hydroxylation is 2. The minimum absolute atomic E-state index is 0.0191. The van der Waals surface area contributed by atoms with Crippen LogP contribution in [0.25, 0.3) is 5.57 Å². The zero-order valence-corrected chi connectivity index (χ0v) is 21.6. The van der Waals surface area contributed by atoms with Gasteiger partial charge in [0.05, 0.1) is 5.56 Å². The van der Waals surface area contributed by atoms with Crippen LogP contribution < -0.4 is 10.5 Å². The summed E-state index contributed by atoms with van der Waals surface area (Å²) < 4.78 is 6.22. The first kappa shape index (κ1) is 25.4. The van der Waals surface area contributed by atoms with Crippen LogP contribution in [0.4, 0.5) is 0 Å². The summed E-state index contributed by atoms with van der Waals surface area (Å²) in [6.07, 6.45) is 8.20. The van der Waals surface area contributed by atoms with Gasteiger partial charge in [-0.2, -0.15) is 0 Å². The van der Waals surface area contributed by atoms with E-state index in [-0.39, 0.29) is 5.91 Å². The zero-order chi connectivity index (χ0) is 26.2. The third-order valence-corrected chi connectivity index (χ3v) is 6.95. The Bertz CT molecular complexity index is 1400. The number of carbonyl (C=O) groups is 1. The van der Waals surface area contributed by atoms with Crippen LogP contribution in [0.1, 0.15) is 44.6 Å².